The molecule has 0 atom stereocenters. The lowest BCUT2D eigenvalue weighted by molar-refractivity contribution is 0.425. The highest BCUT2D eigenvalue weighted by Crippen LogP contribution is 2.29. The van der Waals surface area contributed by atoms with Crippen LogP contribution in [-0.2, 0) is 5.75 Å². The van der Waals surface area contributed by atoms with Crippen molar-refractivity contribution in [2.45, 2.75) is 29.9 Å². The highest BCUT2D eigenvalue weighted by Gasteiger charge is 2.13. The van der Waals surface area contributed by atoms with E-state index in [0.717, 1.165) is 34.4 Å². The van der Waals surface area contributed by atoms with Gasteiger partial charge in [0.05, 0.1) is 16.3 Å². The van der Waals surface area contributed by atoms with Crippen molar-refractivity contribution in [2.75, 3.05) is 11.9 Å². The lowest BCUT2D eigenvalue weighted by Gasteiger charge is -1.97. The number of unbranched alkanes of at least 4 members (excludes halogenated alkanes) is 1. The minimum Gasteiger partial charge on any atom is -0.360 e. The number of halogens is 1. The summed E-state index contributed by atoms with van der Waals surface area (Å²) >= 11 is 9.20. The van der Waals surface area contributed by atoms with E-state index in [1.54, 1.807) is 6.07 Å². The van der Waals surface area contributed by atoms with E-state index >= 15 is 0 Å². The summed E-state index contributed by atoms with van der Waals surface area (Å²) in [6, 6.07) is 7.39. The van der Waals surface area contributed by atoms with Crippen molar-refractivity contribution < 1.29 is 4.52 Å². The fraction of sp³-hybridized carbons (Fsp3) is 0.333. The van der Waals surface area contributed by atoms with E-state index in [0.29, 0.717) is 22.5 Å². The van der Waals surface area contributed by atoms with Crippen LogP contribution in [0.1, 0.15) is 25.6 Å². The van der Waals surface area contributed by atoms with Gasteiger partial charge < -0.3 is 9.84 Å². The molecule has 0 fully saturated rings. The van der Waals surface area contributed by atoms with Gasteiger partial charge in [-0.05, 0) is 18.6 Å². The predicted molar refractivity (Wildman–Crippen MR) is 97.6 cm³/mol. The molecule has 0 aliphatic rings. The highest BCUT2D eigenvalue weighted by molar-refractivity contribution is 8.00. The summed E-state index contributed by atoms with van der Waals surface area (Å²) in [5.41, 5.74) is 0.737. The van der Waals surface area contributed by atoms with Crippen molar-refractivity contribution in [3.05, 3.63) is 35.1 Å². The van der Waals surface area contributed by atoms with Gasteiger partial charge in [-0.15, -0.1) is 10.2 Å². The molecule has 6 nitrogen and oxygen atoms in total. The Morgan fingerprint density at radius 3 is 3.00 bits per heavy atom. The van der Waals surface area contributed by atoms with Crippen molar-refractivity contribution in [1.29, 1.82) is 0 Å². The molecular formula is C15H16ClN5OS2. The van der Waals surface area contributed by atoms with Gasteiger partial charge in [-0.1, -0.05) is 65.3 Å². The van der Waals surface area contributed by atoms with Crippen molar-refractivity contribution in [2.24, 2.45) is 0 Å². The Bertz CT molecular complexity index is 792. The highest BCUT2D eigenvalue weighted by atomic mass is 35.5. The largest absolute Gasteiger partial charge is 0.360 e. The number of hydrogen-bond donors (Lipinski definition) is 1. The van der Waals surface area contributed by atoms with Gasteiger partial charge in [0, 0.05) is 6.54 Å². The van der Waals surface area contributed by atoms with Gasteiger partial charge >= 0.3 is 0 Å². The normalized spacial score (nSPS) is 10.9. The minimum absolute atomic E-state index is 0.426. The first kappa shape index (κ1) is 17.2. The summed E-state index contributed by atoms with van der Waals surface area (Å²) in [5, 5.41) is 17.0. The van der Waals surface area contributed by atoms with Gasteiger partial charge in [0.15, 0.2) is 10.2 Å². The van der Waals surface area contributed by atoms with Crippen LogP contribution in [0.15, 0.2) is 33.1 Å². The molecule has 9 heteroatoms. The molecule has 0 saturated carbocycles. The second-order valence-electron chi connectivity index (χ2n) is 4.94. The molecule has 0 amide bonds. The third-order valence-corrected chi connectivity index (χ3v) is 5.45. The smallest absolute Gasteiger partial charge is 0.259 e. The summed E-state index contributed by atoms with van der Waals surface area (Å²) in [4.78, 5) is 4.38. The van der Waals surface area contributed by atoms with Crippen LogP contribution in [0.4, 0.5) is 5.13 Å². The Hall–Kier alpha value is -1.64. The van der Waals surface area contributed by atoms with E-state index in [-0.39, 0.29) is 0 Å². The molecule has 0 radical (unpaired) electrons. The van der Waals surface area contributed by atoms with Crippen LogP contribution in [0.25, 0.3) is 11.5 Å². The topological polar surface area (TPSA) is 76.7 Å². The maximum Gasteiger partial charge on any atom is 0.259 e. The molecule has 2 heterocycles. The second kappa shape index (κ2) is 8.46. The van der Waals surface area contributed by atoms with Gasteiger partial charge in [-0.2, -0.15) is 4.98 Å². The van der Waals surface area contributed by atoms with Crippen LogP contribution in [0, 0.1) is 0 Å². The fourth-order valence-electron chi connectivity index (χ4n) is 1.89. The number of nitrogens with one attached hydrogen (secondary N) is 1. The molecule has 0 aliphatic carbocycles. The number of rotatable bonds is 8. The second-order valence-corrected chi connectivity index (χ2v) is 7.54. The summed E-state index contributed by atoms with van der Waals surface area (Å²) < 4.78 is 6.16. The van der Waals surface area contributed by atoms with E-state index in [1.165, 1.54) is 23.1 Å². The van der Waals surface area contributed by atoms with Crippen LogP contribution >= 0.6 is 34.7 Å². The van der Waals surface area contributed by atoms with Crippen molar-refractivity contribution in [3.8, 4) is 11.5 Å². The average molecular weight is 382 g/mol. The summed E-state index contributed by atoms with van der Waals surface area (Å²) in [6.45, 7) is 3.08. The lowest BCUT2D eigenvalue weighted by Crippen LogP contribution is -1.99. The third-order valence-electron chi connectivity index (χ3n) is 3.11. The van der Waals surface area contributed by atoms with Gasteiger partial charge in [0.25, 0.3) is 5.89 Å². The zero-order valence-electron chi connectivity index (χ0n) is 13.0. The van der Waals surface area contributed by atoms with E-state index in [9.17, 15) is 0 Å². The number of benzene rings is 1. The first-order chi connectivity index (χ1) is 11.8. The number of thioether (sulfide) groups is 1. The van der Waals surface area contributed by atoms with E-state index in [2.05, 4.69) is 32.6 Å². The molecule has 1 aromatic carbocycles. The molecule has 3 aromatic rings. The standard InChI is InChI=1S/C15H16ClN5OS2/c1-2-3-8-17-14-19-20-15(24-14)23-9-12-18-13(22-21-12)10-6-4-5-7-11(10)16/h4-7H,2-3,8-9H2,1H3,(H,17,19). The van der Waals surface area contributed by atoms with Crippen LogP contribution in [-0.4, -0.2) is 26.9 Å². The monoisotopic (exact) mass is 381 g/mol. The summed E-state index contributed by atoms with van der Waals surface area (Å²) in [5.74, 6) is 1.60. The lowest BCUT2D eigenvalue weighted by atomic mass is 10.2. The quantitative estimate of drug-likeness (QED) is 0.445. The van der Waals surface area contributed by atoms with Crippen LogP contribution < -0.4 is 5.32 Å². The zero-order chi connectivity index (χ0) is 16.8. The Labute approximate surface area is 153 Å². The van der Waals surface area contributed by atoms with Crippen molar-refractivity contribution >= 4 is 39.8 Å². The average Bonchev–Trinajstić information content (AvgIpc) is 3.23. The predicted octanol–water partition coefficient (Wildman–Crippen LogP) is 4.75. The van der Waals surface area contributed by atoms with Crippen molar-refractivity contribution in [1.82, 2.24) is 20.3 Å². The molecular weight excluding hydrogens is 366 g/mol. The Morgan fingerprint density at radius 1 is 1.29 bits per heavy atom. The van der Waals surface area contributed by atoms with Gasteiger partial charge in [0.1, 0.15) is 0 Å². The fourth-order valence-corrected chi connectivity index (χ4v) is 3.73. The maximum absolute atomic E-state index is 6.14. The SMILES string of the molecule is CCCCNc1nnc(SCc2noc(-c3ccccc3Cl)n2)s1. The van der Waals surface area contributed by atoms with Crippen molar-refractivity contribution in [3.63, 3.8) is 0 Å². The number of anilines is 1. The van der Waals surface area contributed by atoms with Crippen LogP contribution in [0.3, 0.4) is 0 Å². The van der Waals surface area contributed by atoms with Crippen LogP contribution in [0.2, 0.25) is 5.02 Å². The number of hydrogen-bond acceptors (Lipinski definition) is 8. The van der Waals surface area contributed by atoms with E-state index in [4.69, 9.17) is 16.1 Å². The van der Waals surface area contributed by atoms with E-state index < -0.39 is 0 Å². The minimum atomic E-state index is 0.426. The molecule has 24 heavy (non-hydrogen) atoms. The number of aromatic nitrogens is 4. The maximum atomic E-state index is 6.14. The van der Waals surface area contributed by atoms with E-state index in [1.807, 2.05) is 18.2 Å². The van der Waals surface area contributed by atoms with Gasteiger partial charge in [-0.3, -0.25) is 0 Å². The zero-order valence-corrected chi connectivity index (χ0v) is 15.4. The summed E-state index contributed by atoms with van der Waals surface area (Å²) in [7, 11) is 0. The first-order valence-corrected chi connectivity index (χ1v) is 9.72. The number of nitrogens with zero attached hydrogens (tertiary/aromatic N) is 4. The first-order valence-electron chi connectivity index (χ1n) is 7.54. The molecule has 1 N–H and O–H groups in total. The Balaban J connectivity index is 1.57. The Morgan fingerprint density at radius 2 is 2.17 bits per heavy atom. The molecule has 0 bridgehead atoms. The Kier molecular flexibility index (Phi) is 6.06. The van der Waals surface area contributed by atoms with Crippen LogP contribution in [0.5, 0.6) is 0 Å². The third kappa shape index (κ3) is 4.46. The van der Waals surface area contributed by atoms with Gasteiger partial charge in [-0.25, -0.2) is 0 Å². The molecule has 3 rings (SSSR count). The molecule has 126 valence electrons. The molecule has 0 saturated heterocycles. The molecule has 0 spiro atoms. The summed E-state index contributed by atoms with van der Waals surface area (Å²) in [6.07, 6.45) is 2.27. The molecule has 0 unspecified atom stereocenters. The molecule has 2 aromatic heterocycles. The van der Waals surface area contributed by atoms with Gasteiger partial charge in [0.2, 0.25) is 5.13 Å². The molecule has 0 aliphatic heterocycles.